The summed E-state index contributed by atoms with van der Waals surface area (Å²) < 4.78 is 31.4. The zero-order valence-electron chi connectivity index (χ0n) is 14.0. The molecule has 0 aromatic heterocycles. The van der Waals surface area contributed by atoms with Gasteiger partial charge in [0.15, 0.2) is 0 Å². The van der Waals surface area contributed by atoms with Crippen molar-refractivity contribution in [3.05, 3.63) is 24.3 Å². The topological polar surface area (TPSA) is 87.7 Å². The van der Waals surface area contributed by atoms with Crippen molar-refractivity contribution in [2.75, 3.05) is 38.7 Å². The molecule has 0 spiro atoms. The predicted molar refractivity (Wildman–Crippen MR) is 92.6 cm³/mol. The van der Waals surface area contributed by atoms with Crippen LogP contribution in [0.15, 0.2) is 29.2 Å². The molecule has 0 unspecified atom stereocenters. The number of ether oxygens (including phenoxy) is 1. The molecule has 1 aromatic rings. The van der Waals surface area contributed by atoms with Crippen LogP contribution in [0.2, 0.25) is 0 Å². The minimum Gasteiger partial charge on any atom is -0.383 e. The second-order valence-electron chi connectivity index (χ2n) is 5.75. The Kier molecular flexibility index (Phi) is 7.01. The van der Waals surface area contributed by atoms with Crippen molar-refractivity contribution < 1.29 is 17.9 Å². The van der Waals surface area contributed by atoms with Crippen LogP contribution in [0.4, 0.5) is 10.5 Å². The third-order valence-corrected chi connectivity index (χ3v) is 5.38. The Hall–Kier alpha value is -1.64. The molecule has 1 heterocycles. The predicted octanol–water partition coefficient (Wildman–Crippen LogP) is 2.02. The lowest BCUT2D eigenvalue weighted by Gasteiger charge is -2.20. The molecule has 0 saturated carbocycles. The molecule has 0 radical (unpaired) electrons. The Morgan fingerprint density at radius 1 is 1.12 bits per heavy atom. The van der Waals surface area contributed by atoms with Crippen molar-refractivity contribution in [1.82, 2.24) is 9.62 Å². The van der Waals surface area contributed by atoms with E-state index in [4.69, 9.17) is 4.74 Å². The summed E-state index contributed by atoms with van der Waals surface area (Å²) in [6.07, 6.45) is 4.37. The number of methoxy groups -OCH3 is 1. The number of carbonyl (C=O) groups is 1. The fourth-order valence-electron chi connectivity index (χ4n) is 2.56. The molecule has 7 nitrogen and oxygen atoms in total. The monoisotopic (exact) mass is 355 g/mol. The smallest absolute Gasteiger partial charge is 0.321 e. The van der Waals surface area contributed by atoms with E-state index in [1.165, 1.54) is 19.2 Å². The van der Waals surface area contributed by atoms with Gasteiger partial charge in [-0.25, -0.2) is 17.9 Å². The van der Waals surface area contributed by atoms with Crippen molar-refractivity contribution >= 4 is 21.7 Å². The van der Waals surface area contributed by atoms with Gasteiger partial charge >= 0.3 is 6.03 Å². The summed E-state index contributed by atoms with van der Waals surface area (Å²) in [5.41, 5.74) is 0.583. The number of amides is 2. The third kappa shape index (κ3) is 5.47. The highest BCUT2D eigenvalue weighted by Gasteiger charge is 2.16. The van der Waals surface area contributed by atoms with Crippen LogP contribution >= 0.6 is 0 Å². The summed E-state index contributed by atoms with van der Waals surface area (Å²) in [4.78, 5) is 14.2. The number of anilines is 1. The zero-order valence-corrected chi connectivity index (χ0v) is 14.8. The number of nitrogens with one attached hydrogen (secondary N) is 2. The standard InChI is InChI=1S/C16H25N3O4S/c1-23-13-10-17-24(21,22)15-8-6-14(7-9-15)18-16(20)19-11-4-2-3-5-12-19/h6-9,17H,2-5,10-13H2,1H3,(H,18,20). The van der Waals surface area contributed by atoms with Crippen LogP contribution < -0.4 is 10.0 Å². The van der Waals surface area contributed by atoms with E-state index in [9.17, 15) is 13.2 Å². The molecular weight excluding hydrogens is 330 g/mol. The molecule has 1 aliphatic heterocycles. The van der Waals surface area contributed by atoms with Crippen molar-refractivity contribution in [1.29, 1.82) is 0 Å². The van der Waals surface area contributed by atoms with Gasteiger partial charge in [-0.2, -0.15) is 0 Å². The van der Waals surface area contributed by atoms with Crippen LogP contribution in [-0.4, -0.2) is 52.7 Å². The second kappa shape index (κ2) is 9.00. The summed E-state index contributed by atoms with van der Waals surface area (Å²) in [5, 5.41) is 2.82. The molecule has 1 aliphatic rings. The number of hydrogen-bond acceptors (Lipinski definition) is 4. The van der Waals surface area contributed by atoms with Gasteiger partial charge in [0.1, 0.15) is 0 Å². The van der Waals surface area contributed by atoms with Crippen molar-refractivity contribution in [3.63, 3.8) is 0 Å². The lowest BCUT2D eigenvalue weighted by molar-refractivity contribution is 0.204. The quantitative estimate of drug-likeness (QED) is 0.764. The number of likely N-dealkylation sites (tertiary alicyclic amines) is 1. The van der Waals surface area contributed by atoms with Crippen molar-refractivity contribution in [3.8, 4) is 0 Å². The van der Waals surface area contributed by atoms with Gasteiger partial charge in [-0.15, -0.1) is 0 Å². The highest BCUT2D eigenvalue weighted by Crippen LogP contribution is 2.16. The lowest BCUT2D eigenvalue weighted by Crippen LogP contribution is -2.35. The minimum absolute atomic E-state index is 0.134. The highest BCUT2D eigenvalue weighted by atomic mass is 32.2. The molecule has 2 rings (SSSR count). The Labute approximate surface area is 143 Å². The van der Waals surface area contributed by atoms with Crippen molar-refractivity contribution in [2.45, 2.75) is 30.6 Å². The molecule has 1 fully saturated rings. The number of sulfonamides is 1. The molecule has 2 N–H and O–H groups in total. The first-order valence-corrected chi connectivity index (χ1v) is 9.66. The summed E-state index contributed by atoms with van der Waals surface area (Å²) >= 11 is 0. The van der Waals surface area contributed by atoms with Crippen LogP contribution in [0.3, 0.4) is 0 Å². The maximum atomic E-state index is 12.2. The van der Waals surface area contributed by atoms with Gasteiger partial charge < -0.3 is 15.0 Å². The van der Waals surface area contributed by atoms with Gasteiger partial charge in [-0.3, -0.25) is 0 Å². The molecule has 0 aliphatic carbocycles. The molecule has 0 bridgehead atoms. The fraction of sp³-hybridized carbons (Fsp3) is 0.562. The number of rotatable bonds is 6. The molecule has 134 valence electrons. The summed E-state index contributed by atoms with van der Waals surface area (Å²) in [6.45, 7) is 2.05. The number of nitrogens with zero attached hydrogens (tertiary/aromatic N) is 1. The second-order valence-corrected chi connectivity index (χ2v) is 7.51. The zero-order chi connectivity index (χ0) is 17.4. The van der Waals surface area contributed by atoms with Crippen LogP contribution in [0.1, 0.15) is 25.7 Å². The van der Waals surface area contributed by atoms with E-state index in [2.05, 4.69) is 10.0 Å². The van der Waals surface area contributed by atoms with E-state index >= 15 is 0 Å². The minimum atomic E-state index is -3.56. The van der Waals surface area contributed by atoms with E-state index in [1.807, 2.05) is 4.90 Å². The Bertz CT molecular complexity index is 623. The van der Waals surface area contributed by atoms with Gasteiger partial charge in [0.2, 0.25) is 10.0 Å². The lowest BCUT2D eigenvalue weighted by atomic mass is 10.2. The number of carbonyl (C=O) groups excluding carboxylic acids is 1. The van der Waals surface area contributed by atoms with E-state index in [1.54, 1.807) is 12.1 Å². The first kappa shape index (κ1) is 18.7. The van der Waals surface area contributed by atoms with Crippen LogP contribution in [0.25, 0.3) is 0 Å². The van der Waals surface area contributed by atoms with E-state index < -0.39 is 10.0 Å². The summed E-state index contributed by atoms with van der Waals surface area (Å²) in [7, 11) is -2.05. The normalized spacial score (nSPS) is 15.8. The average Bonchev–Trinajstić information content (AvgIpc) is 2.85. The maximum absolute atomic E-state index is 12.2. The molecule has 8 heteroatoms. The number of benzene rings is 1. The molecule has 2 amide bonds. The molecule has 24 heavy (non-hydrogen) atoms. The van der Waals surface area contributed by atoms with Crippen LogP contribution in [0.5, 0.6) is 0 Å². The fourth-order valence-corrected chi connectivity index (χ4v) is 3.57. The van der Waals surface area contributed by atoms with E-state index in [-0.39, 0.29) is 17.5 Å². The Morgan fingerprint density at radius 2 is 1.75 bits per heavy atom. The van der Waals surface area contributed by atoms with E-state index in [0.29, 0.717) is 12.3 Å². The van der Waals surface area contributed by atoms with Gasteiger partial charge in [0, 0.05) is 32.4 Å². The molecule has 1 saturated heterocycles. The van der Waals surface area contributed by atoms with Gasteiger partial charge in [0.05, 0.1) is 11.5 Å². The third-order valence-electron chi connectivity index (χ3n) is 3.91. The summed E-state index contributed by atoms with van der Waals surface area (Å²) in [6, 6.07) is 6.02. The molecule has 0 atom stereocenters. The summed E-state index contributed by atoms with van der Waals surface area (Å²) in [5.74, 6) is 0. The SMILES string of the molecule is COCCNS(=O)(=O)c1ccc(NC(=O)N2CCCCCC2)cc1. The average molecular weight is 355 g/mol. The first-order chi connectivity index (χ1) is 11.5. The number of urea groups is 1. The largest absolute Gasteiger partial charge is 0.383 e. The van der Waals surface area contributed by atoms with Gasteiger partial charge in [0.25, 0.3) is 0 Å². The van der Waals surface area contributed by atoms with Crippen LogP contribution in [-0.2, 0) is 14.8 Å². The first-order valence-electron chi connectivity index (χ1n) is 8.17. The highest BCUT2D eigenvalue weighted by molar-refractivity contribution is 7.89. The number of hydrogen-bond donors (Lipinski definition) is 2. The van der Waals surface area contributed by atoms with E-state index in [0.717, 1.165) is 38.8 Å². The Morgan fingerprint density at radius 3 is 2.33 bits per heavy atom. The molecule has 1 aromatic carbocycles. The maximum Gasteiger partial charge on any atom is 0.321 e. The van der Waals surface area contributed by atoms with Crippen molar-refractivity contribution in [2.24, 2.45) is 0 Å². The Balaban J connectivity index is 1.94. The van der Waals surface area contributed by atoms with Gasteiger partial charge in [-0.05, 0) is 37.1 Å². The van der Waals surface area contributed by atoms with Crippen LogP contribution in [0, 0.1) is 0 Å². The van der Waals surface area contributed by atoms with Gasteiger partial charge in [-0.1, -0.05) is 12.8 Å². The molecular formula is C16H25N3O4S.